The fourth-order valence-electron chi connectivity index (χ4n) is 1.45. The lowest BCUT2D eigenvalue weighted by molar-refractivity contribution is 0.0927. The highest BCUT2D eigenvalue weighted by Crippen LogP contribution is 2.13. The van der Waals surface area contributed by atoms with Crippen LogP contribution in [0.2, 0.25) is 0 Å². The smallest absolute Gasteiger partial charge is 0.165 e. The van der Waals surface area contributed by atoms with Crippen LogP contribution < -0.4 is 0 Å². The molecule has 0 amide bonds. The van der Waals surface area contributed by atoms with Crippen molar-refractivity contribution in [3.63, 3.8) is 0 Å². The summed E-state index contributed by atoms with van der Waals surface area (Å²) in [6.45, 7) is 7.83. The largest absolute Gasteiger partial charge is 0.294 e. The van der Waals surface area contributed by atoms with Crippen molar-refractivity contribution in [2.75, 3.05) is 0 Å². The molecule has 0 saturated carbocycles. The molecular weight excluding hydrogens is 174 g/mol. The molecule has 1 heterocycles. The normalized spacial score (nSPS) is 12.6. The van der Waals surface area contributed by atoms with E-state index in [9.17, 15) is 4.79 Å². The van der Waals surface area contributed by atoms with Crippen LogP contribution in [0.25, 0.3) is 0 Å². The second-order valence-corrected chi connectivity index (χ2v) is 3.81. The van der Waals surface area contributed by atoms with Crippen molar-refractivity contribution in [2.45, 2.75) is 34.1 Å². The van der Waals surface area contributed by atoms with E-state index in [1.54, 1.807) is 0 Å². The Balaban J connectivity index is 3.01. The van der Waals surface area contributed by atoms with Crippen molar-refractivity contribution >= 4 is 5.78 Å². The maximum atomic E-state index is 11.9. The van der Waals surface area contributed by atoms with Crippen molar-refractivity contribution < 1.29 is 4.79 Å². The highest BCUT2D eigenvalue weighted by atomic mass is 16.1. The van der Waals surface area contributed by atoms with Crippen molar-refractivity contribution in [3.05, 3.63) is 29.1 Å². The van der Waals surface area contributed by atoms with Gasteiger partial charge in [0.25, 0.3) is 0 Å². The SMILES string of the molecule is CCC(C)C(=O)c1cc(C)nc(C)c1. The van der Waals surface area contributed by atoms with Crippen LogP contribution in [-0.4, -0.2) is 10.8 Å². The van der Waals surface area contributed by atoms with E-state index in [0.29, 0.717) is 0 Å². The first-order valence-corrected chi connectivity index (χ1v) is 5.04. The fraction of sp³-hybridized carbons (Fsp3) is 0.500. The predicted molar refractivity (Wildman–Crippen MR) is 57.5 cm³/mol. The topological polar surface area (TPSA) is 30.0 Å². The Kier molecular flexibility index (Phi) is 3.39. The third kappa shape index (κ3) is 2.41. The summed E-state index contributed by atoms with van der Waals surface area (Å²) >= 11 is 0. The highest BCUT2D eigenvalue weighted by molar-refractivity contribution is 5.97. The van der Waals surface area contributed by atoms with Gasteiger partial charge in [0.1, 0.15) is 0 Å². The van der Waals surface area contributed by atoms with Gasteiger partial charge in [-0.1, -0.05) is 13.8 Å². The van der Waals surface area contributed by atoms with Gasteiger partial charge in [-0.25, -0.2) is 0 Å². The van der Waals surface area contributed by atoms with Crippen molar-refractivity contribution in [3.8, 4) is 0 Å². The quantitative estimate of drug-likeness (QED) is 0.687. The first kappa shape index (κ1) is 10.9. The number of aryl methyl sites for hydroxylation is 2. The second-order valence-electron chi connectivity index (χ2n) is 3.81. The Morgan fingerprint density at radius 1 is 1.36 bits per heavy atom. The molecule has 1 aromatic heterocycles. The minimum absolute atomic E-state index is 0.108. The minimum Gasteiger partial charge on any atom is -0.294 e. The number of aromatic nitrogens is 1. The van der Waals surface area contributed by atoms with Gasteiger partial charge in [0.2, 0.25) is 0 Å². The summed E-state index contributed by atoms with van der Waals surface area (Å²) in [7, 11) is 0. The number of nitrogens with zero attached hydrogens (tertiary/aromatic N) is 1. The lowest BCUT2D eigenvalue weighted by Gasteiger charge is -2.08. The van der Waals surface area contributed by atoms with Crippen LogP contribution in [0.3, 0.4) is 0 Å². The van der Waals surface area contributed by atoms with Gasteiger partial charge < -0.3 is 0 Å². The molecule has 0 N–H and O–H groups in total. The molecule has 0 aliphatic heterocycles. The zero-order valence-electron chi connectivity index (χ0n) is 9.29. The molecule has 0 aromatic carbocycles. The van der Waals surface area contributed by atoms with Crippen LogP contribution in [0.4, 0.5) is 0 Å². The van der Waals surface area contributed by atoms with Crippen LogP contribution in [0.1, 0.15) is 42.0 Å². The molecule has 2 heteroatoms. The van der Waals surface area contributed by atoms with E-state index in [1.165, 1.54) is 0 Å². The molecule has 76 valence electrons. The van der Waals surface area contributed by atoms with E-state index in [-0.39, 0.29) is 11.7 Å². The summed E-state index contributed by atoms with van der Waals surface area (Å²) in [5.41, 5.74) is 2.62. The summed E-state index contributed by atoms with van der Waals surface area (Å²) < 4.78 is 0. The third-order valence-electron chi connectivity index (χ3n) is 2.43. The van der Waals surface area contributed by atoms with E-state index in [4.69, 9.17) is 0 Å². The lowest BCUT2D eigenvalue weighted by Crippen LogP contribution is -2.11. The summed E-state index contributed by atoms with van der Waals surface area (Å²) in [5, 5.41) is 0. The first-order chi connectivity index (χ1) is 6.54. The molecule has 1 atom stereocenters. The van der Waals surface area contributed by atoms with Crippen molar-refractivity contribution in [1.29, 1.82) is 0 Å². The van der Waals surface area contributed by atoms with Gasteiger partial charge in [-0.3, -0.25) is 9.78 Å². The average molecular weight is 191 g/mol. The van der Waals surface area contributed by atoms with E-state index < -0.39 is 0 Å². The van der Waals surface area contributed by atoms with Gasteiger partial charge in [-0.2, -0.15) is 0 Å². The van der Waals surface area contributed by atoms with E-state index in [0.717, 1.165) is 23.4 Å². The molecule has 1 rings (SSSR count). The monoisotopic (exact) mass is 191 g/mol. The van der Waals surface area contributed by atoms with E-state index in [2.05, 4.69) is 4.98 Å². The Hall–Kier alpha value is -1.18. The van der Waals surface area contributed by atoms with Crippen molar-refractivity contribution in [2.24, 2.45) is 5.92 Å². The Labute approximate surface area is 85.4 Å². The van der Waals surface area contributed by atoms with E-state index >= 15 is 0 Å². The number of carbonyl (C=O) groups excluding carboxylic acids is 1. The molecule has 0 radical (unpaired) electrons. The molecular formula is C12H17NO. The standard InChI is InChI=1S/C12H17NO/c1-5-8(2)12(14)11-6-9(3)13-10(4)7-11/h6-8H,5H2,1-4H3. The summed E-state index contributed by atoms with van der Waals surface area (Å²) in [4.78, 5) is 16.1. The number of ketones is 1. The summed E-state index contributed by atoms with van der Waals surface area (Å²) in [6, 6.07) is 3.73. The predicted octanol–water partition coefficient (Wildman–Crippen LogP) is 2.93. The number of carbonyl (C=O) groups is 1. The Morgan fingerprint density at radius 3 is 2.29 bits per heavy atom. The molecule has 14 heavy (non-hydrogen) atoms. The number of Topliss-reactive ketones (excluding diaryl/α,β-unsaturated/α-hetero) is 1. The fourth-order valence-corrected chi connectivity index (χ4v) is 1.45. The number of rotatable bonds is 3. The average Bonchev–Trinajstić information content (AvgIpc) is 2.14. The zero-order valence-corrected chi connectivity index (χ0v) is 9.29. The minimum atomic E-state index is 0.108. The summed E-state index contributed by atoms with van der Waals surface area (Å²) in [5.74, 6) is 0.331. The molecule has 0 saturated heterocycles. The molecule has 2 nitrogen and oxygen atoms in total. The molecule has 0 aliphatic carbocycles. The lowest BCUT2D eigenvalue weighted by atomic mass is 9.97. The van der Waals surface area contributed by atoms with Gasteiger partial charge in [0, 0.05) is 22.9 Å². The van der Waals surface area contributed by atoms with Crippen LogP contribution in [0.5, 0.6) is 0 Å². The molecule has 0 bridgehead atoms. The first-order valence-electron chi connectivity index (χ1n) is 5.04. The molecule has 1 unspecified atom stereocenters. The van der Waals surface area contributed by atoms with Crippen molar-refractivity contribution in [1.82, 2.24) is 4.98 Å². The molecule has 0 spiro atoms. The van der Waals surface area contributed by atoms with Gasteiger partial charge in [-0.05, 0) is 32.4 Å². The van der Waals surface area contributed by atoms with Gasteiger partial charge >= 0.3 is 0 Å². The summed E-state index contributed by atoms with van der Waals surface area (Å²) in [6.07, 6.45) is 0.888. The zero-order chi connectivity index (χ0) is 10.7. The number of hydrogen-bond acceptors (Lipinski definition) is 2. The highest BCUT2D eigenvalue weighted by Gasteiger charge is 2.13. The van der Waals surface area contributed by atoms with Crippen LogP contribution >= 0.6 is 0 Å². The Bertz CT molecular complexity index is 324. The van der Waals surface area contributed by atoms with Crippen LogP contribution in [0.15, 0.2) is 12.1 Å². The number of pyridine rings is 1. The van der Waals surface area contributed by atoms with Gasteiger partial charge in [0.05, 0.1) is 0 Å². The maximum Gasteiger partial charge on any atom is 0.165 e. The third-order valence-corrected chi connectivity index (χ3v) is 2.43. The van der Waals surface area contributed by atoms with Crippen LogP contribution in [0, 0.1) is 19.8 Å². The maximum absolute atomic E-state index is 11.9. The second kappa shape index (κ2) is 4.36. The molecule has 0 fully saturated rings. The van der Waals surface area contributed by atoms with Gasteiger partial charge in [0.15, 0.2) is 5.78 Å². The number of hydrogen-bond donors (Lipinski definition) is 0. The van der Waals surface area contributed by atoms with E-state index in [1.807, 2.05) is 39.8 Å². The van der Waals surface area contributed by atoms with Crippen LogP contribution in [-0.2, 0) is 0 Å². The Morgan fingerprint density at radius 2 is 1.86 bits per heavy atom. The molecule has 1 aromatic rings. The van der Waals surface area contributed by atoms with Gasteiger partial charge in [-0.15, -0.1) is 0 Å². The molecule has 0 aliphatic rings.